The van der Waals surface area contributed by atoms with Crippen LogP contribution in [-0.4, -0.2) is 46.3 Å². The zero-order valence-electron chi connectivity index (χ0n) is 16.4. The summed E-state index contributed by atoms with van der Waals surface area (Å²) in [6, 6.07) is 10.0. The third kappa shape index (κ3) is 2.92. The highest BCUT2D eigenvalue weighted by molar-refractivity contribution is 7.91. The molecule has 2 atom stereocenters. The number of fused-ring (bicyclic) bond motifs is 3. The van der Waals surface area contributed by atoms with Gasteiger partial charge in [-0.05, 0) is 38.0 Å². The minimum Gasteiger partial charge on any atom is -0.385 e. The summed E-state index contributed by atoms with van der Waals surface area (Å²) >= 11 is 0. The van der Waals surface area contributed by atoms with Gasteiger partial charge in [-0.3, -0.25) is 0 Å². The molecule has 9 heteroatoms. The summed E-state index contributed by atoms with van der Waals surface area (Å²) in [7, 11) is -3.91. The standard InChI is InChI=1S/C21H22N4O4S/c1-13(26)20-23-17-18(25(20)14-6-5-11-29-12-14)16-9-10-22-19(16)24-21(17)30(27,28)15-7-3-2-4-8-15/h2-4,7-10,13-14,26H,5-6,11-12H2,1H3,(H,22,24)/t13-,14?/m1/s1. The number of nitrogens with one attached hydrogen (secondary N) is 1. The highest BCUT2D eigenvalue weighted by Gasteiger charge is 2.31. The number of imidazole rings is 1. The fraction of sp³-hybridized carbons (Fsp3) is 0.333. The number of benzene rings is 1. The number of hydrogen-bond acceptors (Lipinski definition) is 6. The Morgan fingerprint density at radius 1 is 1.23 bits per heavy atom. The molecule has 1 fully saturated rings. The third-order valence-corrected chi connectivity index (χ3v) is 7.20. The minimum absolute atomic E-state index is 0.0406. The normalized spacial score (nSPS) is 18.8. The van der Waals surface area contributed by atoms with Gasteiger partial charge in [-0.1, -0.05) is 18.2 Å². The zero-order valence-corrected chi connectivity index (χ0v) is 17.3. The highest BCUT2D eigenvalue weighted by atomic mass is 32.2. The average Bonchev–Trinajstić information content (AvgIpc) is 3.38. The van der Waals surface area contributed by atoms with Crippen molar-refractivity contribution in [1.82, 2.24) is 19.5 Å². The SMILES string of the molecule is C[C@@H](O)c1nc2c(S(=O)(=O)c3ccccc3)nc3[nH]ccc3c2n1C1CCCOC1. The van der Waals surface area contributed by atoms with Crippen LogP contribution in [0.4, 0.5) is 0 Å². The van der Waals surface area contributed by atoms with Gasteiger partial charge in [0, 0.05) is 18.2 Å². The summed E-state index contributed by atoms with van der Waals surface area (Å²) in [5, 5.41) is 11.1. The van der Waals surface area contributed by atoms with E-state index in [1.54, 1.807) is 43.5 Å². The molecular formula is C21H22N4O4S. The van der Waals surface area contributed by atoms with Gasteiger partial charge in [0.2, 0.25) is 9.84 Å². The highest BCUT2D eigenvalue weighted by Crippen LogP contribution is 2.37. The number of pyridine rings is 1. The van der Waals surface area contributed by atoms with Crippen molar-refractivity contribution >= 4 is 31.9 Å². The maximum Gasteiger partial charge on any atom is 0.226 e. The van der Waals surface area contributed by atoms with Crippen LogP contribution in [0.1, 0.15) is 37.7 Å². The van der Waals surface area contributed by atoms with Crippen LogP contribution in [0.3, 0.4) is 0 Å². The van der Waals surface area contributed by atoms with Crippen LogP contribution in [0.5, 0.6) is 0 Å². The molecule has 8 nitrogen and oxygen atoms in total. The van der Waals surface area contributed by atoms with Gasteiger partial charge < -0.3 is 19.4 Å². The zero-order chi connectivity index (χ0) is 20.9. The molecule has 0 spiro atoms. The van der Waals surface area contributed by atoms with Crippen molar-refractivity contribution in [3.05, 3.63) is 48.4 Å². The maximum atomic E-state index is 13.5. The van der Waals surface area contributed by atoms with E-state index in [1.807, 2.05) is 10.6 Å². The topological polar surface area (TPSA) is 110 Å². The molecular weight excluding hydrogens is 404 g/mol. The quantitative estimate of drug-likeness (QED) is 0.519. The molecule has 0 radical (unpaired) electrons. The molecule has 0 aliphatic carbocycles. The van der Waals surface area contributed by atoms with Gasteiger partial charge in [0.25, 0.3) is 0 Å². The minimum atomic E-state index is -3.91. The monoisotopic (exact) mass is 426 g/mol. The van der Waals surface area contributed by atoms with Gasteiger partial charge in [0.15, 0.2) is 5.03 Å². The van der Waals surface area contributed by atoms with Crippen LogP contribution in [0.2, 0.25) is 0 Å². The van der Waals surface area contributed by atoms with E-state index >= 15 is 0 Å². The van der Waals surface area contributed by atoms with E-state index in [9.17, 15) is 13.5 Å². The number of aliphatic hydroxyl groups excluding tert-OH is 1. The third-order valence-electron chi connectivity index (χ3n) is 5.52. The van der Waals surface area contributed by atoms with E-state index in [1.165, 1.54) is 0 Å². The average molecular weight is 426 g/mol. The van der Waals surface area contributed by atoms with Crippen LogP contribution in [0, 0.1) is 0 Å². The van der Waals surface area contributed by atoms with E-state index in [4.69, 9.17) is 4.74 Å². The Hall–Kier alpha value is -2.75. The van der Waals surface area contributed by atoms with E-state index in [0.29, 0.717) is 30.2 Å². The van der Waals surface area contributed by atoms with Crippen molar-refractivity contribution < 1.29 is 18.3 Å². The van der Waals surface area contributed by atoms with Gasteiger partial charge in [-0.2, -0.15) is 0 Å². The van der Waals surface area contributed by atoms with E-state index < -0.39 is 15.9 Å². The van der Waals surface area contributed by atoms with Crippen molar-refractivity contribution in [2.24, 2.45) is 0 Å². The first kappa shape index (κ1) is 19.2. The van der Waals surface area contributed by atoms with Gasteiger partial charge >= 0.3 is 0 Å². The molecule has 0 amide bonds. The largest absolute Gasteiger partial charge is 0.385 e. The van der Waals surface area contributed by atoms with Gasteiger partial charge in [0.1, 0.15) is 23.1 Å². The number of H-pyrrole nitrogens is 1. The first-order valence-electron chi connectivity index (χ1n) is 9.93. The molecule has 4 heterocycles. The number of nitrogens with zero attached hydrogens (tertiary/aromatic N) is 3. The van der Waals surface area contributed by atoms with E-state index in [-0.39, 0.29) is 21.5 Å². The molecule has 1 unspecified atom stereocenters. The van der Waals surface area contributed by atoms with Crippen LogP contribution in [0.15, 0.2) is 52.5 Å². The smallest absolute Gasteiger partial charge is 0.226 e. The van der Waals surface area contributed by atoms with Gasteiger partial charge in [-0.25, -0.2) is 18.4 Å². The second-order valence-electron chi connectivity index (χ2n) is 7.56. The second kappa shape index (κ2) is 7.19. The van der Waals surface area contributed by atoms with Crippen LogP contribution in [-0.2, 0) is 14.6 Å². The van der Waals surface area contributed by atoms with Crippen molar-refractivity contribution in [2.75, 3.05) is 13.2 Å². The Labute approximate surface area is 173 Å². The molecule has 2 N–H and O–H groups in total. The maximum absolute atomic E-state index is 13.5. The van der Waals surface area contributed by atoms with Crippen LogP contribution < -0.4 is 0 Å². The first-order valence-corrected chi connectivity index (χ1v) is 11.4. The number of rotatable bonds is 4. The Balaban J connectivity index is 1.87. The molecule has 0 saturated carbocycles. The number of aromatic nitrogens is 4. The Morgan fingerprint density at radius 2 is 2.03 bits per heavy atom. The summed E-state index contributed by atoms with van der Waals surface area (Å²) in [5.41, 5.74) is 1.39. The summed E-state index contributed by atoms with van der Waals surface area (Å²) in [6.45, 7) is 2.82. The molecule has 30 heavy (non-hydrogen) atoms. The molecule has 1 aliphatic heterocycles. The molecule has 5 rings (SSSR count). The lowest BCUT2D eigenvalue weighted by atomic mass is 10.1. The predicted molar refractivity (Wildman–Crippen MR) is 111 cm³/mol. The lowest BCUT2D eigenvalue weighted by molar-refractivity contribution is 0.0565. The Bertz CT molecular complexity index is 1320. The Kier molecular flexibility index (Phi) is 4.61. The fourth-order valence-corrected chi connectivity index (χ4v) is 5.49. The number of aromatic amines is 1. The first-order chi connectivity index (χ1) is 14.5. The van der Waals surface area contributed by atoms with Gasteiger partial charge in [0.05, 0.1) is 23.1 Å². The summed E-state index contributed by atoms with van der Waals surface area (Å²) in [6.07, 6.45) is 2.60. The van der Waals surface area contributed by atoms with Crippen molar-refractivity contribution in [3.63, 3.8) is 0 Å². The molecule has 4 aromatic rings. The number of hydrogen-bond donors (Lipinski definition) is 2. The molecule has 3 aromatic heterocycles. The molecule has 0 bridgehead atoms. The van der Waals surface area contributed by atoms with E-state index in [2.05, 4.69) is 15.0 Å². The van der Waals surface area contributed by atoms with E-state index in [0.717, 1.165) is 18.2 Å². The summed E-state index contributed by atoms with van der Waals surface area (Å²) in [4.78, 5) is 12.2. The number of aliphatic hydroxyl groups is 1. The van der Waals surface area contributed by atoms with Crippen LogP contribution in [0.25, 0.3) is 22.1 Å². The lowest BCUT2D eigenvalue weighted by Gasteiger charge is -2.26. The molecule has 156 valence electrons. The number of sulfone groups is 1. The predicted octanol–water partition coefficient (Wildman–Crippen LogP) is 3.15. The lowest BCUT2D eigenvalue weighted by Crippen LogP contribution is -2.23. The van der Waals surface area contributed by atoms with Crippen molar-refractivity contribution in [1.29, 1.82) is 0 Å². The molecule has 1 aliphatic rings. The number of ether oxygens (including phenoxy) is 1. The molecule has 1 saturated heterocycles. The molecule has 1 aromatic carbocycles. The summed E-state index contributed by atoms with van der Waals surface area (Å²) in [5.74, 6) is 0.417. The summed E-state index contributed by atoms with van der Waals surface area (Å²) < 4.78 is 34.6. The second-order valence-corrected chi connectivity index (χ2v) is 9.42. The van der Waals surface area contributed by atoms with Crippen molar-refractivity contribution in [3.8, 4) is 0 Å². The van der Waals surface area contributed by atoms with Gasteiger partial charge in [-0.15, -0.1) is 0 Å². The Morgan fingerprint density at radius 3 is 2.73 bits per heavy atom. The van der Waals surface area contributed by atoms with Crippen LogP contribution >= 0.6 is 0 Å². The fourth-order valence-electron chi connectivity index (χ4n) is 4.15. The van der Waals surface area contributed by atoms with Crippen molar-refractivity contribution in [2.45, 2.75) is 41.8 Å².